The van der Waals surface area contributed by atoms with Crippen molar-refractivity contribution >= 4 is 58.2 Å². The summed E-state index contributed by atoms with van der Waals surface area (Å²) in [7, 11) is 0. The standard InChI is InChI=1S/C12H20O2S.2C12H18O.C9H13NO3S.2C6H11Cl.C5H10O/c1-5-8-10(4)15-11(7-3)12(13)14-9-6-2;2*1-2-3-5-10-12(13)11-8-6-4-7-9-11;1-2-3-8-10-6-7(14-8)9(12)13-5-4-11;2*1-5-2-3-6(7)4-5;1-2-4-6-5-3-1/h7H,4-6,8-9H2,1-3H3;2*4,6-9,12-13H,2-3,5,10H2,1H3;6,11H,2-5H2,1H3;2*5-6H,2-4H2,1H3;1-5H2/b11-7-;;;;;;. The van der Waals surface area contributed by atoms with Crippen molar-refractivity contribution < 1.29 is 39.1 Å². The zero-order chi connectivity index (χ0) is 55.9. The van der Waals surface area contributed by atoms with E-state index in [1.54, 1.807) is 6.08 Å². The van der Waals surface area contributed by atoms with Crippen LogP contribution in [-0.4, -0.2) is 76.0 Å². The Labute approximate surface area is 474 Å². The highest BCUT2D eigenvalue weighted by Gasteiger charge is 2.19. The summed E-state index contributed by atoms with van der Waals surface area (Å²) in [6.07, 6.45) is 27.9. The summed E-state index contributed by atoms with van der Waals surface area (Å²) in [6.45, 7) is 23.1. The molecule has 0 radical (unpaired) electrons. The van der Waals surface area contributed by atoms with Gasteiger partial charge in [0.15, 0.2) is 0 Å². The number of allylic oxidation sites excluding steroid dienone is 2. The number of nitrogens with zero attached hydrogens (tertiary/aromatic N) is 1. The van der Waals surface area contributed by atoms with Gasteiger partial charge in [0.05, 0.1) is 41.5 Å². The number of hydrogen-bond acceptors (Lipinski definition) is 11. The van der Waals surface area contributed by atoms with Crippen LogP contribution < -0.4 is 0 Å². The maximum atomic E-state index is 11.5. The minimum Gasteiger partial charge on any atom is -0.462 e. The Morgan fingerprint density at radius 3 is 1.61 bits per heavy atom. The van der Waals surface area contributed by atoms with E-state index in [1.807, 2.05) is 74.5 Å². The summed E-state index contributed by atoms with van der Waals surface area (Å²) in [6, 6.07) is 19.8. The van der Waals surface area contributed by atoms with Crippen molar-refractivity contribution in [3.8, 4) is 0 Å². The second-order valence-corrected chi connectivity index (χ2v) is 23.0. The van der Waals surface area contributed by atoms with Gasteiger partial charge >= 0.3 is 11.9 Å². The zero-order valence-electron chi connectivity index (χ0n) is 47.6. The summed E-state index contributed by atoms with van der Waals surface area (Å²) in [5.41, 5.74) is 2.08. The lowest BCUT2D eigenvalue weighted by atomic mass is 10.0. The summed E-state index contributed by atoms with van der Waals surface area (Å²) >= 11 is 14.4. The average Bonchev–Trinajstić information content (AvgIpc) is 4.18. The number of thiazole rings is 1. The fraction of sp³-hybridized carbons (Fsp3) is 0.661. The molecule has 1 aliphatic heterocycles. The first-order valence-corrected chi connectivity index (χ1v) is 30.9. The molecule has 6 unspecified atom stereocenters. The first kappa shape index (κ1) is 72.3. The molecule has 6 atom stereocenters. The van der Waals surface area contributed by atoms with Crippen molar-refractivity contribution in [1.82, 2.24) is 4.98 Å². The summed E-state index contributed by atoms with van der Waals surface area (Å²) in [5.74, 6) is 1.14. The largest absolute Gasteiger partial charge is 0.462 e. The van der Waals surface area contributed by atoms with Gasteiger partial charge in [-0.15, -0.1) is 34.5 Å². The highest BCUT2D eigenvalue weighted by Crippen LogP contribution is 2.30. The molecule has 1 aromatic heterocycles. The summed E-state index contributed by atoms with van der Waals surface area (Å²) < 4.78 is 14.9. The van der Waals surface area contributed by atoms with E-state index in [1.165, 1.54) is 113 Å². The van der Waals surface area contributed by atoms with Crippen LogP contribution in [0, 0.1) is 11.8 Å². The Hall–Kier alpha value is -2.74. The zero-order valence-corrected chi connectivity index (χ0v) is 50.7. The number of carbonyl (C=O) groups excluding carboxylic acids is 2. The number of aryl methyl sites for hydroxylation is 1. The van der Waals surface area contributed by atoms with Gasteiger partial charge in [-0.25, -0.2) is 14.6 Å². The predicted octanol–water partition coefficient (Wildman–Crippen LogP) is 17.8. The van der Waals surface area contributed by atoms with Gasteiger partial charge in [0.2, 0.25) is 0 Å². The number of thioether (sulfide) groups is 1. The van der Waals surface area contributed by atoms with E-state index in [0.29, 0.717) is 27.1 Å². The number of aliphatic hydroxyl groups is 3. The molecule has 2 saturated carbocycles. The van der Waals surface area contributed by atoms with E-state index in [-0.39, 0.29) is 31.4 Å². The number of benzene rings is 2. The molecular weight excluding hydrogens is 1020 g/mol. The topological polar surface area (TPSA) is 135 Å². The molecule has 0 bridgehead atoms. The molecule has 3 fully saturated rings. The van der Waals surface area contributed by atoms with Crippen molar-refractivity contribution in [2.75, 3.05) is 33.0 Å². The normalized spacial score (nSPS) is 18.3. The first-order chi connectivity index (χ1) is 36.2. The summed E-state index contributed by atoms with van der Waals surface area (Å²) in [4.78, 5) is 29.0. The molecule has 3 N–H and O–H groups in total. The van der Waals surface area contributed by atoms with Crippen LogP contribution in [0.4, 0.5) is 0 Å². The first-order valence-electron chi connectivity index (χ1n) is 28.4. The molecule has 0 amide bonds. The van der Waals surface area contributed by atoms with E-state index in [2.05, 4.69) is 53.1 Å². The number of aromatic nitrogens is 1. The Bertz CT molecular complexity index is 1730. The molecule has 428 valence electrons. The second-order valence-electron chi connectivity index (χ2n) is 19.5. The third kappa shape index (κ3) is 40.2. The lowest BCUT2D eigenvalue weighted by Gasteiger charge is -2.09. The van der Waals surface area contributed by atoms with E-state index < -0.39 is 5.97 Å². The number of aliphatic hydroxyl groups excluding tert-OH is 3. The predicted molar refractivity (Wildman–Crippen MR) is 321 cm³/mol. The number of unbranched alkanes of at least 4 members (excludes halogenated alkanes) is 4. The Kier molecular flexibility index (Phi) is 47.7. The number of halogens is 2. The average molecular weight is 1120 g/mol. The maximum Gasteiger partial charge on any atom is 0.350 e. The van der Waals surface area contributed by atoms with Crippen molar-refractivity contribution in [3.05, 3.63) is 110 Å². The van der Waals surface area contributed by atoms with Gasteiger partial charge in [0, 0.05) is 24.0 Å². The molecule has 3 aliphatic rings. The van der Waals surface area contributed by atoms with Gasteiger partial charge in [-0.3, -0.25) is 0 Å². The number of rotatable bonds is 22. The van der Waals surface area contributed by atoms with Crippen LogP contribution in [0.3, 0.4) is 0 Å². The van der Waals surface area contributed by atoms with Gasteiger partial charge in [-0.2, -0.15) is 0 Å². The number of alkyl halides is 2. The van der Waals surface area contributed by atoms with Gasteiger partial charge in [0.1, 0.15) is 11.5 Å². The van der Waals surface area contributed by atoms with Crippen molar-refractivity contribution in [1.29, 1.82) is 0 Å². The number of ether oxygens (including phenoxy) is 3. The van der Waals surface area contributed by atoms with Crippen LogP contribution >= 0.6 is 46.3 Å². The highest BCUT2D eigenvalue weighted by molar-refractivity contribution is 8.07. The van der Waals surface area contributed by atoms with Gasteiger partial charge in [0.25, 0.3) is 0 Å². The molecular formula is C62H101Cl2NO8S2. The van der Waals surface area contributed by atoms with Gasteiger partial charge < -0.3 is 29.5 Å². The van der Waals surface area contributed by atoms with Crippen molar-refractivity contribution in [2.45, 2.75) is 220 Å². The fourth-order valence-electron chi connectivity index (χ4n) is 7.73. The SMILES string of the molecule is C1CCOCC1.C=C(CCC)S/C(=C\C)C(=O)OCCC.CC1CCC(Cl)C1.CC1CCC(Cl)C1.CCCCCC(O)c1ccccc1.CCCCCC(O)c1ccccc1.CCCc1ncc(C(=O)OCCO)s1. The quantitative estimate of drug-likeness (QED) is 0.0386. The van der Waals surface area contributed by atoms with E-state index in [0.717, 1.165) is 104 Å². The van der Waals surface area contributed by atoms with Crippen LogP contribution in [0.15, 0.2) is 89.3 Å². The third-order valence-electron chi connectivity index (χ3n) is 12.1. The third-order valence-corrected chi connectivity index (χ3v) is 15.0. The Morgan fingerprint density at radius 2 is 1.27 bits per heavy atom. The smallest absolute Gasteiger partial charge is 0.350 e. The minimum atomic E-state index is -0.404. The molecule has 2 aromatic carbocycles. The maximum absolute atomic E-state index is 11.5. The van der Waals surface area contributed by atoms with E-state index >= 15 is 0 Å². The van der Waals surface area contributed by atoms with Crippen LogP contribution in [-0.2, 0) is 25.4 Å². The van der Waals surface area contributed by atoms with Crippen molar-refractivity contribution in [2.24, 2.45) is 11.8 Å². The van der Waals surface area contributed by atoms with Crippen LogP contribution in [0.5, 0.6) is 0 Å². The summed E-state index contributed by atoms with van der Waals surface area (Å²) in [5, 5.41) is 29.9. The molecule has 9 nitrogen and oxygen atoms in total. The molecule has 3 aromatic rings. The van der Waals surface area contributed by atoms with Crippen LogP contribution in [0.25, 0.3) is 0 Å². The molecule has 6 rings (SSSR count). The number of esters is 2. The highest BCUT2D eigenvalue weighted by atomic mass is 35.5. The van der Waals surface area contributed by atoms with Gasteiger partial charge in [-0.05, 0) is 131 Å². The molecule has 2 heterocycles. The number of hydrogen-bond donors (Lipinski definition) is 3. The molecule has 0 spiro atoms. The Morgan fingerprint density at radius 1 is 0.747 bits per heavy atom. The Balaban J connectivity index is 0.000000870. The second kappa shape index (κ2) is 49.5. The number of carbonyl (C=O) groups is 2. The molecule has 13 heteroatoms. The monoisotopic (exact) mass is 1120 g/mol. The van der Waals surface area contributed by atoms with Crippen LogP contribution in [0.2, 0.25) is 0 Å². The minimum absolute atomic E-state index is 0.0415. The van der Waals surface area contributed by atoms with Crippen LogP contribution in [0.1, 0.15) is 228 Å². The van der Waals surface area contributed by atoms with E-state index in [9.17, 15) is 19.8 Å². The fourth-order valence-corrected chi connectivity index (χ4v) is 10.4. The van der Waals surface area contributed by atoms with E-state index in [4.69, 9.17) is 42.5 Å². The van der Waals surface area contributed by atoms with Gasteiger partial charge in [-0.1, -0.05) is 178 Å². The lowest BCUT2D eigenvalue weighted by Crippen LogP contribution is -2.06. The lowest BCUT2D eigenvalue weighted by molar-refractivity contribution is -0.138. The molecule has 75 heavy (non-hydrogen) atoms. The molecule has 2 aliphatic carbocycles. The molecule has 1 saturated heterocycles. The van der Waals surface area contributed by atoms with Crippen molar-refractivity contribution in [3.63, 3.8) is 0 Å².